The van der Waals surface area contributed by atoms with Gasteiger partial charge >= 0.3 is 0 Å². The van der Waals surface area contributed by atoms with E-state index in [4.69, 9.17) is 5.73 Å². The second-order valence-electron chi connectivity index (χ2n) is 6.47. The fourth-order valence-electron chi connectivity index (χ4n) is 2.76. The summed E-state index contributed by atoms with van der Waals surface area (Å²) in [5.74, 6) is -0.0813. The van der Waals surface area contributed by atoms with E-state index in [2.05, 4.69) is 24.0 Å². The number of carbonyl (C=O) groups excluding carboxylic acids is 1. The van der Waals surface area contributed by atoms with Crippen LogP contribution >= 0.6 is 12.4 Å². The molecule has 1 aliphatic heterocycles. The van der Waals surface area contributed by atoms with E-state index in [1.54, 1.807) is 0 Å². The molecular formula is C16H22ClN5O. The van der Waals surface area contributed by atoms with Crippen LogP contribution in [0.3, 0.4) is 0 Å². The van der Waals surface area contributed by atoms with Crippen molar-refractivity contribution in [3.63, 3.8) is 0 Å². The normalized spacial score (nSPS) is 20.0. The highest BCUT2D eigenvalue weighted by atomic mass is 35.5. The van der Waals surface area contributed by atoms with Gasteiger partial charge in [0.05, 0.1) is 11.9 Å². The highest BCUT2D eigenvalue weighted by molar-refractivity contribution is 5.92. The molecule has 124 valence electrons. The first-order chi connectivity index (χ1) is 10.5. The van der Waals surface area contributed by atoms with Crippen molar-refractivity contribution >= 4 is 18.3 Å². The summed E-state index contributed by atoms with van der Waals surface area (Å²) in [7, 11) is 0. The van der Waals surface area contributed by atoms with E-state index < -0.39 is 0 Å². The van der Waals surface area contributed by atoms with Gasteiger partial charge in [0.1, 0.15) is 0 Å². The van der Waals surface area contributed by atoms with Gasteiger partial charge in [0.25, 0.3) is 5.91 Å². The minimum Gasteiger partial charge on any atom is -0.337 e. The van der Waals surface area contributed by atoms with Crippen molar-refractivity contribution in [3.8, 4) is 5.69 Å². The minimum absolute atomic E-state index is 0. The Hall–Kier alpha value is -1.92. The standard InChI is InChI=1S/C16H21N5O.ClH/c1-16(2)11-20(9-8-14(16)17)15(22)13-10-18-21(19-13)12-6-4-3-5-7-12;/h3-7,10,14H,8-9,11,17H2,1-2H3;1H. The summed E-state index contributed by atoms with van der Waals surface area (Å²) in [5.41, 5.74) is 7.25. The summed E-state index contributed by atoms with van der Waals surface area (Å²) in [5, 5.41) is 8.49. The zero-order valence-electron chi connectivity index (χ0n) is 13.3. The van der Waals surface area contributed by atoms with Gasteiger partial charge in [0, 0.05) is 19.1 Å². The number of piperidine rings is 1. The number of nitrogens with zero attached hydrogens (tertiary/aromatic N) is 4. The second-order valence-corrected chi connectivity index (χ2v) is 6.47. The van der Waals surface area contributed by atoms with Crippen molar-refractivity contribution in [2.45, 2.75) is 26.3 Å². The molecule has 1 aliphatic rings. The van der Waals surface area contributed by atoms with E-state index >= 15 is 0 Å². The van der Waals surface area contributed by atoms with Crippen LogP contribution in [0.5, 0.6) is 0 Å². The molecule has 2 N–H and O–H groups in total. The van der Waals surface area contributed by atoms with Crippen molar-refractivity contribution in [1.29, 1.82) is 0 Å². The molecule has 0 aliphatic carbocycles. The van der Waals surface area contributed by atoms with Crippen molar-refractivity contribution in [2.75, 3.05) is 13.1 Å². The predicted molar refractivity (Wildman–Crippen MR) is 90.9 cm³/mol. The number of hydrogen-bond donors (Lipinski definition) is 1. The van der Waals surface area contributed by atoms with Crippen molar-refractivity contribution < 1.29 is 4.79 Å². The highest BCUT2D eigenvalue weighted by Crippen LogP contribution is 2.28. The van der Waals surface area contributed by atoms with Gasteiger partial charge in [-0.25, -0.2) is 0 Å². The molecule has 0 spiro atoms. The molecular weight excluding hydrogens is 314 g/mol. The molecule has 1 amide bonds. The Morgan fingerprint density at radius 2 is 2.00 bits per heavy atom. The summed E-state index contributed by atoms with van der Waals surface area (Å²) < 4.78 is 0. The lowest BCUT2D eigenvalue weighted by molar-refractivity contribution is 0.0527. The summed E-state index contributed by atoms with van der Waals surface area (Å²) in [6, 6.07) is 9.67. The Bertz CT molecular complexity index is 670. The van der Waals surface area contributed by atoms with Crippen molar-refractivity contribution in [3.05, 3.63) is 42.2 Å². The predicted octanol–water partition coefficient (Wildman–Crippen LogP) is 1.89. The van der Waals surface area contributed by atoms with Crippen LogP contribution in [0.2, 0.25) is 0 Å². The van der Waals surface area contributed by atoms with Gasteiger partial charge in [0.2, 0.25) is 0 Å². The van der Waals surface area contributed by atoms with Crippen LogP contribution in [0.1, 0.15) is 30.8 Å². The number of hydrogen-bond acceptors (Lipinski definition) is 4. The minimum atomic E-state index is -0.0813. The molecule has 1 saturated heterocycles. The molecule has 3 rings (SSSR count). The number of rotatable bonds is 2. The fourth-order valence-corrected chi connectivity index (χ4v) is 2.76. The average Bonchev–Trinajstić information content (AvgIpc) is 3.00. The van der Waals surface area contributed by atoms with Gasteiger partial charge in [-0.15, -0.1) is 17.5 Å². The number of likely N-dealkylation sites (tertiary alicyclic amines) is 1. The molecule has 0 bridgehead atoms. The Morgan fingerprint density at radius 1 is 1.30 bits per heavy atom. The SMILES string of the molecule is CC1(C)CN(C(=O)c2cnn(-c3ccccc3)n2)CCC1N.Cl. The average molecular weight is 336 g/mol. The number of amides is 1. The summed E-state index contributed by atoms with van der Waals surface area (Å²) in [4.78, 5) is 15.9. The number of benzene rings is 1. The van der Waals surface area contributed by atoms with E-state index in [1.165, 1.54) is 11.0 Å². The molecule has 0 radical (unpaired) electrons. The molecule has 2 aromatic rings. The molecule has 2 heterocycles. The number of para-hydroxylation sites is 1. The number of carbonyl (C=O) groups is 1. The van der Waals surface area contributed by atoms with Crippen LogP contribution in [0.25, 0.3) is 5.69 Å². The molecule has 1 aromatic heterocycles. The topological polar surface area (TPSA) is 77.0 Å². The number of halogens is 1. The van der Waals surface area contributed by atoms with Gasteiger partial charge in [-0.3, -0.25) is 4.79 Å². The molecule has 0 saturated carbocycles. The molecule has 1 fully saturated rings. The Kier molecular flexibility index (Phi) is 5.06. The smallest absolute Gasteiger partial charge is 0.276 e. The monoisotopic (exact) mass is 335 g/mol. The van der Waals surface area contributed by atoms with Gasteiger partial charge < -0.3 is 10.6 Å². The first-order valence-electron chi connectivity index (χ1n) is 7.50. The Labute approximate surface area is 142 Å². The zero-order valence-corrected chi connectivity index (χ0v) is 14.2. The molecule has 7 heteroatoms. The maximum absolute atomic E-state index is 12.6. The van der Waals surface area contributed by atoms with Crippen LogP contribution in [0.4, 0.5) is 0 Å². The quantitative estimate of drug-likeness (QED) is 0.909. The summed E-state index contributed by atoms with van der Waals surface area (Å²) >= 11 is 0. The summed E-state index contributed by atoms with van der Waals surface area (Å²) in [6.07, 6.45) is 2.34. The van der Waals surface area contributed by atoms with Gasteiger partial charge in [0.15, 0.2) is 5.69 Å². The van der Waals surface area contributed by atoms with Gasteiger partial charge in [-0.2, -0.15) is 9.90 Å². The third-order valence-corrected chi connectivity index (χ3v) is 4.30. The van der Waals surface area contributed by atoms with E-state index in [9.17, 15) is 4.79 Å². The molecule has 6 nitrogen and oxygen atoms in total. The number of aromatic nitrogens is 3. The number of nitrogens with two attached hydrogens (primary N) is 1. The van der Waals surface area contributed by atoms with E-state index in [-0.39, 0.29) is 29.8 Å². The van der Waals surface area contributed by atoms with Crippen molar-refractivity contribution in [1.82, 2.24) is 19.9 Å². The second kappa shape index (κ2) is 6.68. The van der Waals surface area contributed by atoms with Gasteiger partial charge in [-0.05, 0) is 24.0 Å². The zero-order chi connectivity index (χ0) is 15.7. The van der Waals surface area contributed by atoms with Crippen LogP contribution in [-0.4, -0.2) is 44.9 Å². The molecule has 1 unspecified atom stereocenters. The molecule has 1 aromatic carbocycles. The van der Waals surface area contributed by atoms with Crippen molar-refractivity contribution in [2.24, 2.45) is 11.1 Å². The Morgan fingerprint density at radius 3 is 2.65 bits per heavy atom. The first kappa shape index (κ1) is 17.4. The first-order valence-corrected chi connectivity index (χ1v) is 7.50. The van der Waals surface area contributed by atoms with Crippen LogP contribution in [0.15, 0.2) is 36.5 Å². The van der Waals surface area contributed by atoms with Gasteiger partial charge in [-0.1, -0.05) is 32.0 Å². The summed E-state index contributed by atoms with van der Waals surface area (Å²) in [6.45, 7) is 5.50. The fraction of sp³-hybridized carbons (Fsp3) is 0.438. The lowest BCUT2D eigenvalue weighted by Gasteiger charge is -2.42. The lowest BCUT2D eigenvalue weighted by atomic mass is 9.79. The maximum atomic E-state index is 12.6. The molecule has 23 heavy (non-hydrogen) atoms. The third kappa shape index (κ3) is 3.54. The van der Waals surface area contributed by atoms with E-state index in [0.29, 0.717) is 18.8 Å². The van der Waals surface area contributed by atoms with E-state index in [0.717, 1.165) is 12.1 Å². The van der Waals surface area contributed by atoms with Crippen LogP contribution < -0.4 is 5.73 Å². The van der Waals surface area contributed by atoms with E-state index in [1.807, 2.05) is 35.2 Å². The Balaban J connectivity index is 0.00000192. The highest BCUT2D eigenvalue weighted by Gasteiger charge is 2.36. The third-order valence-electron chi connectivity index (χ3n) is 4.30. The van der Waals surface area contributed by atoms with Crippen LogP contribution in [-0.2, 0) is 0 Å². The largest absolute Gasteiger partial charge is 0.337 e. The lowest BCUT2D eigenvalue weighted by Crippen LogP contribution is -2.54. The van der Waals surface area contributed by atoms with Crippen LogP contribution in [0, 0.1) is 5.41 Å². The maximum Gasteiger partial charge on any atom is 0.276 e. The molecule has 1 atom stereocenters.